The largest absolute Gasteiger partial charge is 0.338 e. The van der Waals surface area contributed by atoms with Gasteiger partial charge < -0.3 is 10.1 Å². The van der Waals surface area contributed by atoms with Crippen LogP contribution in [-0.4, -0.2) is 44.7 Å². The fourth-order valence-corrected chi connectivity index (χ4v) is 2.97. The first-order valence-corrected chi connectivity index (χ1v) is 6.95. The highest BCUT2D eigenvalue weighted by molar-refractivity contribution is 5.86. The van der Waals surface area contributed by atoms with Gasteiger partial charge in [0.2, 0.25) is 5.91 Å². The third-order valence-electron chi connectivity index (χ3n) is 3.97. The second-order valence-corrected chi connectivity index (χ2v) is 6.59. The van der Waals surface area contributed by atoms with Gasteiger partial charge in [0.25, 0.3) is 0 Å². The van der Waals surface area contributed by atoms with Crippen LogP contribution in [0.3, 0.4) is 0 Å². The number of hydroxylamine groups is 2. The van der Waals surface area contributed by atoms with Crippen LogP contribution in [0.2, 0.25) is 0 Å². The molecule has 0 saturated carbocycles. The predicted molar refractivity (Wildman–Crippen MR) is 72.5 cm³/mol. The molecule has 0 bridgehead atoms. The Labute approximate surface area is 111 Å². The van der Waals surface area contributed by atoms with Crippen molar-refractivity contribution in [3.05, 3.63) is 0 Å². The molecule has 0 spiro atoms. The monoisotopic (exact) mass is 256 g/mol. The maximum atomic E-state index is 12.6. The van der Waals surface area contributed by atoms with Crippen molar-refractivity contribution < 1.29 is 10.0 Å². The van der Waals surface area contributed by atoms with Gasteiger partial charge in [-0.3, -0.25) is 4.79 Å². The fourth-order valence-electron chi connectivity index (χ4n) is 2.97. The minimum absolute atomic E-state index is 0.0246. The Bertz CT molecular complexity index is 313. The van der Waals surface area contributed by atoms with E-state index in [0.717, 1.165) is 25.8 Å². The Hall–Kier alpha value is -0.610. The lowest BCUT2D eigenvalue weighted by molar-refractivity contribution is -0.219. The minimum atomic E-state index is -0.859. The highest BCUT2D eigenvalue weighted by Crippen LogP contribution is 2.34. The van der Waals surface area contributed by atoms with E-state index in [1.807, 2.05) is 18.7 Å². The van der Waals surface area contributed by atoms with Gasteiger partial charge in [0.05, 0.1) is 0 Å². The Morgan fingerprint density at radius 2 is 1.89 bits per heavy atom. The Morgan fingerprint density at radius 1 is 1.33 bits per heavy atom. The molecule has 1 heterocycles. The van der Waals surface area contributed by atoms with Gasteiger partial charge in [-0.2, -0.15) is 5.06 Å². The minimum Gasteiger partial charge on any atom is -0.338 e. The van der Waals surface area contributed by atoms with E-state index in [1.54, 1.807) is 13.8 Å². The number of hydrogen-bond donors (Lipinski definition) is 1. The van der Waals surface area contributed by atoms with Crippen LogP contribution in [0.4, 0.5) is 0 Å². The van der Waals surface area contributed by atoms with Gasteiger partial charge >= 0.3 is 0 Å². The van der Waals surface area contributed by atoms with Gasteiger partial charge in [0.1, 0.15) is 5.54 Å². The summed E-state index contributed by atoms with van der Waals surface area (Å²) < 4.78 is 0. The van der Waals surface area contributed by atoms with Crippen molar-refractivity contribution in [2.75, 3.05) is 6.54 Å². The summed E-state index contributed by atoms with van der Waals surface area (Å²) in [5.74, 6) is 0.0246. The summed E-state index contributed by atoms with van der Waals surface area (Å²) in [6.45, 7) is 12.6. The van der Waals surface area contributed by atoms with Crippen LogP contribution in [0, 0.1) is 0 Å². The molecule has 1 unspecified atom stereocenters. The molecule has 1 fully saturated rings. The lowest BCUT2D eigenvalue weighted by Gasteiger charge is -2.40. The predicted octanol–water partition coefficient (Wildman–Crippen LogP) is 2.66. The van der Waals surface area contributed by atoms with Crippen LogP contribution in [0.25, 0.3) is 0 Å². The van der Waals surface area contributed by atoms with Crippen LogP contribution in [0.15, 0.2) is 0 Å². The molecule has 1 amide bonds. The molecular weight excluding hydrogens is 228 g/mol. The number of rotatable bonds is 3. The van der Waals surface area contributed by atoms with Crippen molar-refractivity contribution in [3.8, 4) is 0 Å². The van der Waals surface area contributed by atoms with Crippen LogP contribution < -0.4 is 0 Å². The third kappa shape index (κ3) is 2.69. The zero-order valence-electron chi connectivity index (χ0n) is 12.7. The Balaban J connectivity index is 3.06. The first kappa shape index (κ1) is 15.4. The van der Waals surface area contributed by atoms with E-state index >= 15 is 0 Å². The first-order chi connectivity index (χ1) is 8.14. The number of carbonyl (C=O) groups is 1. The van der Waals surface area contributed by atoms with Crippen LogP contribution in [0.5, 0.6) is 0 Å². The molecule has 0 aromatic carbocycles. The summed E-state index contributed by atoms with van der Waals surface area (Å²) >= 11 is 0. The van der Waals surface area contributed by atoms with E-state index in [2.05, 4.69) is 13.8 Å². The lowest BCUT2D eigenvalue weighted by Crippen LogP contribution is -2.58. The molecule has 1 N–H and O–H groups in total. The highest BCUT2D eigenvalue weighted by Gasteiger charge is 2.49. The van der Waals surface area contributed by atoms with Crippen molar-refractivity contribution in [2.45, 2.75) is 77.9 Å². The average molecular weight is 256 g/mol. The molecular formula is C14H28N2O2. The van der Waals surface area contributed by atoms with Crippen molar-refractivity contribution >= 4 is 5.91 Å². The normalized spacial score (nSPS) is 28.3. The summed E-state index contributed by atoms with van der Waals surface area (Å²) in [6, 6.07) is 0.162. The smallest absolute Gasteiger partial charge is 0.245 e. The van der Waals surface area contributed by atoms with Crippen LogP contribution in [-0.2, 0) is 4.79 Å². The third-order valence-corrected chi connectivity index (χ3v) is 3.97. The van der Waals surface area contributed by atoms with Gasteiger partial charge in [-0.1, -0.05) is 13.3 Å². The van der Waals surface area contributed by atoms with E-state index in [4.69, 9.17) is 0 Å². The quantitative estimate of drug-likeness (QED) is 0.844. The Morgan fingerprint density at radius 3 is 2.39 bits per heavy atom. The summed E-state index contributed by atoms with van der Waals surface area (Å²) in [5, 5.41) is 11.6. The van der Waals surface area contributed by atoms with E-state index < -0.39 is 5.54 Å². The number of nitrogens with zero attached hydrogens (tertiary/aromatic N) is 2. The molecule has 18 heavy (non-hydrogen) atoms. The first-order valence-electron chi connectivity index (χ1n) is 6.95. The van der Waals surface area contributed by atoms with Crippen molar-refractivity contribution in [2.24, 2.45) is 0 Å². The van der Waals surface area contributed by atoms with Crippen LogP contribution >= 0.6 is 0 Å². The molecule has 0 aromatic heterocycles. The molecule has 106 valence electrons. The van der Waals surface area contributed by atoms with E-state index in [9.17, 15) is 10.0 Å². The lowest BCUT2D eigenvalue weighted by atomic mass is 9.93. The topological polar surface area (TPSA) is 43.8 Å². The number of amides is 1. The molecule has 1 atom stereocenters. The highest BCUT2D eigenvalue weighted by atomic mass is 16.5. The van der Waals surface area contributed by atoms with Crippen molar-refractivity contribution in [3.63, 3.8) is 0 Å². The zero-order chi connectivity index (χ0) is 14.1. The molecule has 1 aliphatic heterocycles. The van der Waals surface area contributed by atoms with Crippen LogP contribution in [0.1, 0.15) is 60.8 Å². The standard InChI is InChI=1S/C14H28N2O2/c1-7-8-9-15-11(2)10-13(3,4)16(18)14(5,6)12(15)17/h11,18H,7-10H2,1-6H3. The van der Waals surface area contributed by atoms with Crippen molar-refractivity contribution in [1.29, 1.82) is 0 Å². The van der Waals surface area contributed by atoms with E-state index in [-0.39, 0.29) is 17.5 Å². The van der Waals surface area contributed by atoms with Gasteiger partial charge in [-0.05, 0) is 47.5 Å². The molecule has 0 radical (unpaired) electrons. The summed E-state index contributed by atoms with van der Waals surface area (Å²) in [4.78, 5) is 14.5. The Kier molecular flexibility index (Phi) is 4.44. The van der Waals surface area contributed by atoms with E-state index in [1.165, 1.54) is 5.06 Å². The fraction of sp³-hybridized carbons (Fsp3) is 0.929. The van der Waals surface area contributed by atoms with Crippen molar-refractivity contribution in [1.82, 2.24) is 9.96 Å². The zero-order valence-corrected chi connectivity index (χ0v) is 12.7. The maximum absolute atomic E-state index is 12.6. The van der Waals surface area contributed by atoms with E-state index in [0.29, 0.717) is 0 Å². The summed E-state index contributed by atoms with van der Waals surface area (Å²) in [5.41, 5.74) is -1.25. The van der Waals surface area contributed by atoms with Gasteiger partial charge in [0, 0.05) is 18.1 Å². The van der Waals surface area contributed by atoms with Gasteiger partial charge in [0.15, 0.2) is 0 Å². The number of carbonyl (C=O) groups excluding carboxylic acids is 1. The SMILES string of the molecule is CCCCN1C(=O)C(C)(C)N(O)C(C)(C)CC1C. The molecule has 1 aliphatic rings. The van der Waals surface area contributed by atoms with Gasteiger partial charge in [-0.15, -0.1) is 0 Å². The molecule has 1 saturated heterocycles. The maximum Gasteiger partial charge on any atom is 0.245 e. The second-order valence-electron chi connectivity index (χ2n) is 6.59. The average Bonchev–Trinajstić information content (AvgIpc) is 2.29. The molecule has 4 heteroatoms. The second kappa shape index (κ2) is 5.17. The number of hydrogen-bond acceptors (Lipinski definition) is 3. The molecule has 0 aliphatic carbocycles. The summed E-state index contributed by atoms with van der Waals surface area (Å²) in [7, 11) is 0. The molecule has 1 rings (SSSR count). The number of unbranched alkanes of at least 4 members (excludes halogenated alkanes) is 1. The molecule has 4 nitrogen and oxygen atoms in total. The molecule has 0 aromatic rings. The van der Waals surface area contributed by atoms with Gasteiger partial charge in [-0.25, -0.2) is 0 Å². The summed E-state index contributed by atoms with van der Waals surface area (Å²) in [6.07, 6.45) is 2.86.